The summed E-state index contributed by atoms with van der Waals surface area (Å²) in [5.41, 5.74) is 4.47. The Morgan fingerprint density at radius 1 is 1.21 bits per heavy atom. The van der Waals surface area contributed by atoms with Crippen molar-refractivity contribution in [3.63, 3.8) is 0 Å². The van der Waals surface area contributed by atoms with Crippen LogP contribution < -0.4 is 10.0 Å². The van der Waals surface area contributed by atoms with Crippen molar-refractivity contribution in [1.29, 1.82) is 0 Å². The number of nitrogens with one attached hydrogen (secondary N) is 2. The van der Waals surface area contributed by atoms with E-state index >= 15 is 0 Å². The highest BCUT2D eigenvalue weighted by molar-refractivity contribution is 7.89. The van der Waals surface area contributed by atoms with Crippen LogP contribution in [-0.2, 0) is 26.0 Å². The molecule has 8 heteroatoms. The van der Waals surface area contributed by atoms with Crippen LogP contribution in [0.5, 0.6) is 0 Å². The predicted molar refractivity (Wildman–Crippen MR) is 114 cm³/mol. The van der Waals surface area contributed by atoms with E-state index in [1.165, 1.54) is 5.56 Å². The molecule has 0 aliphatic carbocycles. The van der Waals surface area contributed by atoms with Gasteiger partial charge in [0.15, 0.2) is 0 Å². The molecule has 1 atom stereocenters. The van der Waals surface area contributed by atoms with Gasteiger partial charge in [0, 0.05) is 37.7 Å². The molecule has 0 fully saturated rings. The summed E-state index contributed by atoms with van der Waals surface area (Å²) in [5, 5.41) is 4.13. The number of hydrogen-bond acceptors (Lipinski definition) is 5. The van der Waals surface area contributed by atoms with Gasteiger partial charge in [-0.15, -0.1) is 0 Å². The lowest BCUT2D eigenvalue weighted by Crippen LogP contribution is -2.30. The van der Waals surface area contributed by atoms with E-state index in [9.17, 15) is 8.42 Å². The van der Waals surface area contributed by atoms with Crippen molar-refractivity contribution in [2.75, 3.05) is 40.0 Å². The van der Waals surface area contributed by atoms with Gasteiger partial charge in [-0.2, -0.15) is 0 Å². The van der Waals surface area contributed by atoms with E-state index in [1.807, 2.05) is 25.1 Å². The summed E-state index contributed by atoms with van der Waals surface area (Å²) in [6, 6.07) is 11.1. The number of sulfonamides is 1. The van der Waals surface area contributed by atoms with Gasteiger partial charge >= 0.3 is 0 Å². The largest absolute Gasteiger partial charge is 0.382 e. The van der Waals surface area contributed by atoms with Crippen molar-refractivity contribution in [3.05, 3.63) is 63.7 Å². The number of hydrogen-bond donors (Lipinski definition) is 2. The maximum Gasteiger partial charge on any atom is 0.240 e. The minimum Gasteiger partial charge on any atom is -0.382 e. The zero-order valence-corrected chi connectivity index (χ0v) is 18.3. The fraction of sp³-hybridized carbons (Fsp3) is 0.429. The van der Waals surface area contributed by atoms with Crippen LogP contribution in [0.2, 0.25) is 5.02 Å². The van der Waals surface area contributed by atoms with Crippen molar-refractivity contribution >= 4 is 21.6 Å². The Balaban J connectivity index is 1.77. The quantitative estimate of drug-likeness (QED) is 0.589. The molecule has 2 N–H and O–H groups in total. The van der Waals surface area contributed by atoms with E-state index < -0.39 is 10.0 Å². The van der Waals surface area contributed by atoms with Gasteiger partial charge in [0.2, 0.25) is 10.0 Å². The van der Waals surface area contributed by atoms with Gasteiger partial charge in [-0.1, -0.05) is 23.7 Å². The van der Waals surface area contributed by atoms with Gasteiger partial charge in [0.05, 0.1) is 24.7 Å². The summed E-state index contributed by atoms with van der Waals surface area (Å²) in [7, 11) is -2.02. The molecule has 29 heavy (non-hydrogen) atoms. The SMILES string of the molecule is COCCOCCNS(=O)(=O)c1cccc([C@@H]2CNCc3c(C)cc(Cl)cc32)c1. The Labute approximate surface area is 177 Å². The van der Waals surface area contributed by atoms with Crippen molar-refractivity contribution in [2.45, 2.75) is 24.3 Å². The van der Waals surface area contributed by atoms with E-state index in [0.717, 1.165) is 29.8 Å². The highest BCUT2D eigenvalue weighted by Gasteiger charge is 2.25. The zero-order chi connectivity index (χ0) is 20.9. The first-order chi connectivity index (χ1) is 13.9. The molecule has 0 radical (unpaired) electrons. The molecule has 0 saturated heterocycles. The number of fused-ring (bicyclic) bond motifs is 1. The Morgan fingerprint density at radius 2 is 2.03 bits per heavy atom. The van der Waals surface area contributed by atoms with Gasteiger partial charge in [-0.25, -0.2) is 13.1 Å². The third-order valence-electron chi connectivity index (χ3n) is 5.04. The summed E-state index contributed by atoms with van der Waals surface area (Å²) in [6.07, 6.45) is 0. The summed E-state index contributed by atoms with van der Waals surface area (Å²) in [5.74, 6) is 0.0451. The van der Waals surface area contributed by atoms with Crippen molar-refractivity contribution < 1.29 is 17.9 Å². The minimum absolute atomic E-state index is 0.0451. The van der Waals surface area contributed by atoms with Gasteiger partial charge in [-0.05, 0) is 53.4 Å². The zero-order valence-electron chi connectivity index (χ0n) is 16.7. The van der Waals surface area contributed by atoms with Crippen LogP contribution in [0, 0.1) is 6.92 Å². The highest BCUT2D eigenvalue weighted by atomic mass is 35.5. The summed E-state index contributed by atoms with van der Waals surface area (Å²) in [4.78, 5) is 0.248. The topological polar surface area (TPSA) is 76.7 Å². The van der Waals surface area contributed by atoms with Crippen molar-refractivity contribution in [3.8, 4) is 0 Å². The summed E-state index contributed by atoms with van der Waals surface area (Å²) >= 11 is 6.30. The number of benzene rings is 2. The Bertz CT molecular complexity index is 950. The van der Waals surface area contributed by atoms with Crippen molar-refractivity contribution in [2.24, 2.45) is 0 Å². The average Bonchev–Trinajstić information content (AvgIpc) is 2.70. The van der Waals surface area contributed by atoms with Gasteiger partial charge in [0.1, 0.15) is 0 Å². The lowest BCUT2D eigenvalue weighted by Gasteiger charge is -2.28. The van der Waals surface area contributed by atoms with Gasteiger partial charge in [-0.3, -0.25) is 0 Å². The summed E-state index contributed by atoms with van der Waals surface area (Å²) < 4.78 is 38.2. The van der Waals surface area contributed by atoms with Crippen LogP contribution in [0.4, 0.5) is 0 Å². The van der Waals surface area contributed by atoms with Crippen LogP contribution >= 0.6 is 11.6 Å². The minimum atomic E-state index is -3.62. The number of rotatable bonds is 9. The lowest BCUT2D eigenvalue weighted by molar-refractivity contribution is 0.0736. The molecule has 0 unspecified atom stereocenters. The van der Waals surface area contributed by atoms with Crippen LogP contribution in [0.15, 0.2) is 41.3 Å². The molecule has 0 aromatic heterocycles. The number of halogens is 1. The molecule has 6 nitrogen and oxygen atoms in total. The average molecular weight is 439 g/mol. The number of ether oxygens (including phenoxy) is 2. The molecule has 0 amide bonds. The van der Waals surface area contributed by atoms with E-state index in [0.29, 0.717) is 24.8 Å². The fourth-order valence-electron chi connectivity index (χ4n) is 3.57. The lowest BCUT2D eigenvalue weighted by atomic mass is 9.84. The second kappa shape index (κ2) is 10.0. The van der Waals surface area contributed by atoms with Crippen LogP contribution in [0.1, 0.15) is 28.2 Å². The summed E-state index contributed by atoms with van der Waals surface area (Å²) in [6.45, 7) is 4.99. The molecule has 1 heterocycles. The smallest absolute Gasteiger partial charge is 0.240 e. The molecule has 2 aromatic carbocycles. The van der Waals surface area contributed by atoms with Crippen molar-refractivity contribution in [1.82, 2.24) is 10.0 Å². The molecule has 0 saturated carbocycles. The highest BCUT2D eigenvalue weighted by Crippen LogP contribution is 2.34. The van der Waals surface area contributed by atoms with Gasteiger partial charge < -0.3 is 14.8 Å². The molecule has 3 rings (SSSR count). The standard InChI is InChI=1S/C21H27ClN2O4S/c1-15-10-17(22)12-19-20(15)13-23-14-21(19)16-4-3-5-18(11-16)29(25,26)24-6-7-28-9-8-27-2/h3-5,10-12,21,23-24H,6-9,13-14H2,1-2H3/t21-/m0/s1. The first-order valence-electron chi connectivity index (χ1n) is 9.58. The molecule has 2 aromatic rings. The first kappa shape index (κ1) is 22.2. The second-order valence-electron chi connectivity index (χ2n) is 7.05. The van der Waals surface area contributed by atoms with Crippen LogP contribution in [0.3, 0.4) is 0 Å². The molecular weight excluding hydrogens is 412 g/mol. The Morgan fingerprint density at radius 3 is 2.83 bits per heavy atom. The molecule has 0 spiro atoms. The molecule has 1 aliphatic heterocycles. The predicted octanol–water partition coefficient (Wildman–Crippen LogP) is 2.82. The maximum atomic E-state index is 12.7. The fourth-order valence-corrected chi connectivity index (χ4v) is 4.92. The second-order valence-corrected chi connectivity index (χ2v) is 9.25. The molecule has 158 valence electrons. The Kier molecular flexibility index (Phi) is 7.67. The molecule has 0 bridgehead atoms. The van der Waals surface area contributed by atoms with Gasteiger partial charge in [0.25, 0.3) is 0 Å². The van der Waals surface area contributed by atoms with Crippen LogP contribution in [0.25, 0.3) is 0 Å². The van der Waals surface area contributed by atoms with E-state index in [4.69, 9.17) is 21.1 Å². The number of methoxy groups -OCH3 is 1. The first-order valence-corrected chi connectivity index (χ1v) is 11.4. The molecule has 1 aliphatic rings. The van der Waals surface area contributed by atoms with E-state index in [2.05, 4.69) is 10.0 Å². The monoisotopic (exact) mass is 438 g/mol. The van der Waals surface area contributed by atoms with E-state index in [1.54, 1.807) is 25.3 Å². The van der Waals surface area contributed by atoms with E-state index in [-0.39, 0.29) is 17.4 Å². The third-order valence-corrected chi connectivity index (χ3v) is 6.72. The van der Waals surface area contributed by atoms with Crippen LogP contribution in [-0.4, -0.2) is 48.4 Å². The maximum absolute atomic E-state index is 12.7. The normalized spacial score (nSPS) is 16.6. The molecular formula is C21H27ClN2O4S. The Hall–Kier alpha value is -1.48. The number of aryl methyl sites for hydroxylation is 1. The third kappa shape index (κ3) is 5.57.